The molecule has 1 aliphatic heterocycles. The predicted octanol–water partition coefficient (Wildman–Crippen LogP) is 4.07. The molecule has 1 aliphatic rings. The summed E-state index contributed by atoms with van der Waals surface area (Å²) in [7, 11) is 0. The molecule has 0 radical (unpaired) electrons. The lowest BCUT2D eigenvalue weighted by molar-refractivity contribution is 0.0911. The van der Waals surface area contributed by atoms with Gasteiger partial charge in [0.25, 0.3) is 5.91 Å². The Kier molecular flexibility index (Phi) is 4.96. The zero-order chi connectivity index (χ0) is 15.5. The Morgan fingerprint density at radius 2 is 2.00 bits per heavy atom. The van der Waals surface area contributed by atoms with Crippen molar-refractivity contribution >= 4 is 28.6 Å². The van der Waals surface area contributed by atoms with Crippen molar-refractivity contribution in [2.75, 3.05) is 13.1 Å². The van der Waals surface area contributed by atoms with E-state index in [1.165, 1.54) is 29.1 Å². The van der Waals surface area contributed by atoms with Gasteiger partial charge in [0.05, 0.1) is 10.9 Å². The smallest absolute Gasteiger partial charge is 0.261 e. The summed E-state index contributed by atoms with van der Waals surface area (Å²) < 4.78 is 0. The van der Waals surface area contributed by atoms with Gasteiger partial charge in [-0.1, -0.05) is 6.07 Å². The first-order chi connectivity index (χ1) is 10.7. The number of hydrogen-bond acceptors (Lipinski definition) is 4. The van der Waals surface area contributed by atoms with Crippen molar-refractivity contribution in [3.05, 3.63) is 44.3 Å². The number of thiophene rings is 2. The van der Waals surface area contributed by atoms with Gasteiger partial charge >= 0.3 is 0 Å². The van der Waals surface area contributed by atoms with E-state index in [4.69, 9.17) is 0 Å². The molecule has 0 spiro atoms. The minimum Gasteiger partial charge on any atom is -0.347 e. The van der Waals surface area contributed by atoms with E-state index in [9.17, 15) is 4.79 Å². The highest BCUT2D eigenvalue weighted by Crippen LogP contribution is 2.31. The van der Waals surface area contributed by atoms with Crippen molar-refractivity contribution in [1.29, 1.82) is 0 Å². The number of amides is 1. The van der Waals surface area contributed by atoms with Crippen LogP contribution < -0.4 is 5.32 Å². The molecule has 22 heavy (non-hydrogen) atoms. The van der Waals surface area contributed by atoms with Crippen LogP contribution in [0.5, 0.6) is 0 Å². The van der Waals surface area contributed by atoms with Crippen molar-refractivity contribution < 1.29 is 4.79 Å². The van der Waals surface area contributed by atoms with Crippen LogP contribution in [0.25, 0.3) is 0 Å². The number of aryl methyl sites for hydroxylation is 1. The van der Waals surface area contributed by atoms with Crippen LogP contribution in [-0.4, -0.2) is 29.9 Å². The number of likely N-dealkylation sites (tertiary alicyclic amines) is 1. The third-order valence-corrected chi connectivity index (χ3v) is 6.23. The average Bonchev–Trinajstić information content (AvgIpc) is 3.20. The van der Waals surface area contributed by atoms with Gasteiger partial charge in [0.2, 0.25) is 0 Å². The summed E-state index contributed by atoms with van der Waals surface area (Å²) in [5.74, 6) is 0.0563. The third kappa shape index (κ3) is 3.26. The van der Waals surface area contributed by atoms with Crippen LogP contribution in [0, 0.1) is 6.92 Å². The molecule has 1 fully saturated rings. The molecule has 2 aromatic heterocycles. The Morgan fingerprint density at radius 1 is 1.23 bits per heavy atom. The molecule has 2 aromatic rings. The lowest BCUT2D eigenvalue weighted by atomic mass is 10.1. The Balaban J connectivity index is 1.76. The minimum atomic E-state index is 0.0563. The molecule has 1 amide bonds. The van der Waals surface area contributed by atoms with Gasteiger partial charge in [-0.2, -0.15) is 0 Å². The van der Waals surface area contributed by atoms with Gasteiger partial charge in [-0.3, -0.25) is 9.69 Å². The first kappa shape index (κ1) is 15.7. The zero-order valence-electron chi connectivity index (χ0n) is 13.0. The highest BCUT2D eigenvalue weighted by molar-refractivity contribution is 7.12. The third-order valence-electron chi connectivity index (χ3n) is 4.27. The van der Waals surface area contributed by atoms with Crippen molar-refractivity contribution in [1.82, 2.24) is 10.2 Å². The van der Waals surface area contributed by atoms with E-state index < -0.39 is 0 Å². The lowest BCUT2D eigenvalue weighted by Gasteiger charge is -2.32. The maximum atomic E-state index is 12.5. The first-order valence-corrected chi connectivity index (χ1v) is 9.55. The Labute approximate surface area is 140 Å². The summed E-state index contributed by atoms with van der Waals surface area (Å²) in [5.41, 5.74) is 1.06. The molecule has 3 nitrogen and oxygen atoms in total. The predicted molar refractivity (Wildman–Crippen MR) is 93.9 cm³/mol. The molecule has 3 rings (SSSR count). The second kappa shape index (κ2) is 6.94. The molecule has 1 N–H and O–H groups in total. The number of nitrogens with zero attached hydrogens (tertiary/aromatic N) is 1. The highest BCUT2D eigenvalue weighted by Gasteiger charge is 2.30. The summed E-state index contributed by atoms with van der Waals surface area (Å²) in [5, 5.41) is 7.32. The number of hydrogen-bond donors (Lipinski definition) is 1. The molecule has 3 heterocycles. The van der Waals surface area contributed by atoms with Crippen molar-refractivity contribution in [2.45, 2.75) is 38.8 Å². The molecule has 118 valence electrons. The number of carbonyl (C=O) groups excluding carboxylic acids is 1. The minimum absolute atomic E-state index is 0.0563. The van der Waals surface area contributed by atoms with Crippen molar-refractivity contribution in [3.63, 3.8) is 0 Å². The summed E-state index contributed by atoms with van der Waals surface area (Å²) in [4.78, 5) is 17.2. The molecule has 0 aromatic carbocycles. The standard InChI is InChI=1S/C17H22N2OS2/c1-12-7-11-22-16(12)17(20)18-13(2)15(14-6-5-10-21-14)19-8-3-4-9-19/h5-7,10-11,13,15H,3-4,8-9H2,1-2H3,(H,18,20). The number of rotatable bonds is 5. The second-order valence-electron chi connectivity index (χ2n) is 5.90. The summed E-state index contributed by atoms with van der Waals surface area (Å²) in [6, 6.07) is 6.67. The average molecular weight is 335 g/mol. The van der Waals surface area contributed by atoms with Gasteiger partial charge < -0.3 is 5.32 Å². The van der Waals surface area contributed by atoms with E-state index in [2.05, 4.69) is 34.7 Å². The van der Waals surface area contributed by atoms with Crippen LogP contribution in [-0.2, 0) is 0 Å². The molecule has 0 saturated carbocycles. The number of nitrogens with one attached hydrogen (secondary N) is 1. The molecule has 2 atom stereocenters. The quantitative estimate of drug-likeness (QED) is 0.894. The summed E-state index contributed by atoms with van der Waals surface area (Å²) >= 11 is 3.30. The molecular weight excluding hydrogens is 312 g/mol. The molecular formula is C17H22N2OS2. The zero-order valence-corrected chi connectivity index (χ0v) is 14.7. The van der Waals surface area contributed by atoms with Crippen LogP contribution in [0.2, 0.25) is 0 Å². The normalized spacial score (nSPS) is 18.3. The van der Waals surface area contributed by atoms with Gasteiger partial charge in [-0.25, -0.2) is 0 Å². The fourth-order valence-electron chi connectivity index (χ4n) is 3.18. The van der Waals surface area contributed by atoms with E-state index >= 15 is 0 Å². The summed E-state index contributed by atoms with van der Waals surface area (Å²) in [6.07, 6.45) is 2.51. The van der Waals surface area contributed by atoms with Crippen LogP contribution in [0.3, 0.4) is 0 Å². The van der Waals surface area contributed by atoms with Gasteiger partial charge in [-0.15, -0.1) is 22.7 Å². The van der Waals surface area contributed by atoms with E-state index in [-0.39, 0.29) is 18.0 Å². The topological polar surface area (TPSA) is 32.3 Å². The van der Waals surface area contributed by atoms with Crippen LogP contribution in [0.4, 0.5) is 0 Å². The molecule has 0 bridgehead atoms. The van der Waals surface area contributed by atoms with Crippen LogP contribution >= 0.6 is 22.7 Å². The Hall–Kier alpha value is -1.17. The van der Waals surface area contributed by atoms with Crippen molar-refractivity contribution in [3.8, 4) is 0 Å². The fourth-order valence-corrected chi connectivity index (χ4v) is 4.97. The van der Waals surface area contributed by atoms with Gasteiger partial charge in [0.1, 0.15) is 0 Å². The Morgan fingerprint density at radius 3 is 2.59 bits per heavy atom. The van der Waals surface area contributed by atoms with Crippen LogP contribution in [0.15, 0.2) is 29.0 Å². The fraction of sp³-hybridized carbons (Fsp3) is 0.471. The van der Waals surface area contributed by atoms with E-state index in [0.717, 1.165) is 23.5 Å². The molecule has 1 saturated heterocycles. The molecule has 5 heteroatoms. The van der Waals surface area contributed by atoms with Gasteiger partial charge in [0, 0.05) is 10.9 Å². The largest absolute Gasteiger partial charge is 0.347 e. The van der Waals surface area contributed by atoms with E-state index in [1.807, 2.05) is 18.4 Å². The highest BCUT2D eigenvalue weighted by atomic mass is 32.1. The Bertz CT molecular complexity index is 614. The van der Waals surface area contributed by atoms with Gasteiger partial charge in [-0.05, 0) is 68.2 Å². The van der Waals surface area contributed by atoms with Gasteiger partial charge in [0.15, 0.2) is 0 Å². The van der Waals surface area contributed by atoms with E-state index in [0.29, 0.717) is 0 Å². The molecule has 0 aliphatic carbocycles. The SMILES string of the molecule is Cc1ccsc1C(=O)NC(C)C(c1cccs1)N1CCCC1. The maximum Gasteiger partial charge on any atom is 0.261 e. The lowest BCUT2D eigenvalue weighted by Crippen LogP contribution is -2.43. The van der Waals surface area contributed by atoms with Crippen LogP contribution in [0.1, 0.15) is 45.9 Å². The summed E-state index contributed by atoms with van der Waals surface area (Å²) in [6.45, 7) is 6.37. The monoisotopic (exact) mass is 334 g/mol. The van der Waals surface area contributed by atoms with Crippen molar-refractivity contribution in [2.24, 2.45) is 0 Å². The van der Waals surface area contributed by atoms with E-state index in [1.54, 1.807) is 11.3 Å². The first-order valence-electron chi connectivity index (χ1n) is 7.79. The maximum absolute atomic E-state index is 12.5. The second-order valence-corrected chi connectivity index (χ2v) is 7.79. The number of carbonyl (C=O) groups is 1. The molecule has 2 unspecified atom stereocenters.